The number of aryl methyl sites for hydroxylation is 1. The van der Waals surface area contributed by atoms with Crippen molar-refractivity contribution in [3.05, 3.63) is 59.2 Å². The molecule has 88 valence electrons. The molecule has 0 spiro atoms. The molecule has 0 N–H and O–H groups in total. The highest BCUT2D eigenvalue weighted by Crippen LogP contribution is 2.12. The number of carbonyl (C=O) groups excluding carboxylic acids is 1. The molecule has 0 bridgehead atoms. The molecular weight excluding hydrogens is 217 g/mol. The number of Topliss-reactive ketones (excluding diaryl/α,β-unsaturated/α-hetero) is 1. The molecule has 3 heteroatoms. The van der Waals surface area contributed by atoms with Crippen molar-refractivity contribution < 1.29 is 9.18 Å². The van der Waals surface area contributed by atoms with Gasteiger partial charge >= 0.3 is 0 Å². The zero-order valence-corrected chi connectivity index (χ0v) is 9.90. The monoisotopic (exact) mass is 231 g/mol. The van der Waals surface area contributed by atoms with Crippen LogP contribution in [-0.4, -0.2) is 10.4 Å². The molecule has 0 fully saturated rings. The number of ketones is 1. The van der Waals surface area contributed by atoms with Crippen LogP contribution in [0.15, 0.2) is 36.5 Å². The van der Waals surface area contributed by atoms with Crippen LogP contribution in [0, 0.1) is 12.7 Å². The van der Waals surface area contributed by atoms with Crippen LogP contribution >= 0.6 is 0 Å². The van der Waals surface area contributed by atoms with E-state index in [0.29, 0.717) is 12.2 Å². The topological polar surface area (TPSA) is 22.0 Å². The van der Waals surface area contributed by atoms with Gasteiger partial charge in [-0.1, -0.05) is 12.1 Å². The highest BCUT2D eigenvalue weighted by molar-refractivity contribution is 5.92. The van der Waals surface area contributed by atoms with Crippen LogP contribution in [0.4, 0.5) is 4.39 Å². The van der Waals surface area contributed by atoms with E-state index in [-0.39, 0.29) is 11.6 Å². The normalized spacial score (nSPS) is 10.5. The first kappa shape index (κ1) is 11.6. The molecule has 2 rings (SSSR count). The van der Waals surface area contributed by atoms with Gasteiger partial charge in [-0.05, 0) is 36.2 Å². The molecule has 1 aromatic heterocycles. The Morgan fingerprint density at radius 2 is 1.94 bits per heavy atom. The molecule has 1 heterocycles. The van der Waals surface area contributed by atoms with E-state index in [0.717, 1.165) is 11.1 Å². The van der Waals surface area contributed by atoms with Crippen molar-refractivity contribution in [1.82, 2.24) is 4.57 Å². The fourth-order valence-electron chi connectivity index (χ4n) is 1.87. The summed E-state index contributed by atoms with van der Waals surface area (Å²) in [6, 6.07) is 8.19. The predicted molar refractivity (Wildman–Crippen MR) is 64.7 cm³/mol. The van der Waals surface area contributed by atoms with Crippen LogP contribution in [-0.2, 0) is 6.54 Å². The van der Waals surface area contributed by atoms with Gasteiger partial charge in [-0.25, -0.2) is 4.39 Å². The van der Waals surface area contributed by atoms with Crippen molar-refractivity contribution in [3.8, 4) is 0 Å². The summed E-state index contributed by atoms with van der Waals surface area (Å²) in [6.45, 7) is 4.09. The fourth-order valence-corrected chi connectivity index (χ4v) is 1.87. The van der Waals surface area contributed by atoms with E-state index in [1.54, 1.807) is 19.1 Å². The molecule has 0 saturated heterocycles. The lowest BCUT2D eigenvalue weighted by molar-refractivity contribution is 0.100. The Kier molecular flexibility index (Phi) is 3.09. The maximum atomic E-state index is 12.8. The van der Waals surface area contributed by atoms with Gasteiger partial charge in [0.1, 0.15) is 5.82 Å². The first-order valence-electron chi connectivity index (χ1n) is 5.48. The molecule has 2 aromatic rings. The number of rotatable bonds is 3. The molecule has 0 atom stereocenters. The summed E-state index contributed by atoms with van der Waals surface area (Å²) in [7, 11) is 0. The Morgan fingerprint density at radius 1 is 1.29 bits per heavy atom. The summed E-state index contributed by atoms with van der Waals surface area (Å²) in [5.74, 6) is -0.204. The van der Waals surface area contributed by atoms with Gasteiger partial charge in [0.25, 0.3) is 0 Å². The molecule has 2 nitrogen and oxygen atoms in total. The molecule has 0 aliphatic rings. The first-order valence-corrected chi connectivity index (χ1v) is 5.48. The average Bonchev–Trinajstić information content (AvgIpc) is 2.63. The first-order chi connectivity index (χ1) is 8.06. The average molecular weight is 231 g/mol. The molecule has 0 unspecified atom stereocenters. The SMILES string of the molecule is CC(=O)c1cc(C)cn1Cc1ccc(F)cc1. The zero-order valence-electron chi connectivity index (χ0n) is 9.90. The molecular formula is C14H14FNO. The highest BCUT2D eigenvalue weighted by atomic mass is 19.1. The minimum absolute atomic E-state index is 0.0419. The Labute approximate surface area is 99.7 Å². The van der Waals surface area contributed by atoms with E-state index in [4.69, 9.17) is 0 Å². The lowest BCUT2D eigenvalue weighted by Crippen LogP contribution is -2.06. The summed E-state index contributed by atoms with van der Waals surface area (Å²) in [4.78, 5) is 11.4. The van der Waals surface area contributed by atoms with Crippen LogP contribution in [0.2, 0.25) is 0 Å². The molecule has 1 aromatic carbocycles. The Hall–Kier alpha value is -1.90. The van der Waals surface area contributed by atoms with Crippen LogP contribution in [0.1, 0.15) is 28.5 Å². The van der Waals surface area contributed by atoms with E-state index in [1.807, 2.05) is 23.8 Å². The second-order valence-corrected chi connectivity index (χ2v) is 4.21. The lowest BCUT2D eigenvalue weighted by Gasteiger charge is -2.06. The fraction of sp³-hybridized carbons (Fsp3) is 0.214. The summed E-state index contributed by atoms with van der Waals surface area (Å²) < 4.78 is 14.7. The van der Waals surface area contributed by atoms with Crippen molar-refractivity contribution in [2.24, 2.45) is 0 Å². The standard InChI is InChI=1S/C14H14FNO/c1-10-7-14(11(2)17)16(8-10)9-12-3-5-13(15)6-4-12/h3-8H,9H2,1-2H3. The van der Waals surface area contributed by atoms with E-state index in [2.05, 4.69) is 0 Å². The minimum atomic E-state index is -0.246. The number of carbonyl (C=O) groups is 1. The third-order valence-corrected chi connectivity index (χ3v) is 2.66. The Balaban J connectivity index is 2.29. The molecule has 0 aliphatic heterocycles. The molecule has 17 heavy (non-hydrogen) atoms. The number of hydrogen-bond acceptors (Lipinski definition) is 1. The van der Waals surface area contributed by atoms with Crippen molar-refractivity contribution in [3.63, 3.8) is 0 Å². The lowest BCUT2D eigenvalue weighted by atomic mass is 10.2. The van der Waals surface area contributed by atoms with E-state index in [1.165, 1.54) is 12.1 Å². The van der Waals surface area contributed by atoms with Crippen LogP contribution in [0.3, 0.4) is 0 Å². The Morgan fingerprint density at radius 3 is 2.53 bits per heavy atom. The van der Waals surface area contributed by atoms with E-state index >= 15 is 0 Å². The van der Waals surface area contributed by atoms with Crippen molar-refractivity contribution >= 4 is 5.78 Å². The van der Waals surface area contributed by atoms with Crippen LogP contribution < -0.4 is 0 Å². The number of aromatic nitrogens is 1. The summed E-state index contributed by atoms with van der Waals surface area (Å²) in [5, 5.41) is 0. The van der Waals surface area contributed by atoms with Gasteiger partial charge in [-0.15, -0.1) is 0 Å². The van der Waals surface area contributed by atoms with Crippen LogP contribution in [0.25, 0.3) is 0 Å². The number of nitrogens with zero attached hydrogens (tertiary/aromatic N) is 1. The van der Waals surface area contributed by atoms with Gasteiger partial charge in [-0.2, -0.15) is 0 Å². The second kappa shape index (κ2) is 4.53. The van der Waals surface area contributed by atoms with E-state index < -0.39 is 0 Å². The van der Waals surface area contributed by atoms with Crippen LogP contribution in [0.5, 0.6) is 0 Å². The summed E-state index contributed by atoms with van der Waals surface area (Å²) >= 11 is 0. The maximum absolute atomic E-state index is 12.8. The third-order valence-electron chi connectivity index (χ3n) is 2.66. The zero-order chi connectivity index (χ0) is 12.4. The van der Waals surface area contributed by atoms with Crippen molar-refractivity contribution in [1.29, 1.82) is 0 Å². The quantitative estimate of drug-likeness (QED) is 0.743. The van der Waals surface area contributed by atoms with Gasteiger partial charge in [0.15, 0.2) is 5.78 Å². The number of hydrogen-bond donors (Lipinski definition) is 0. The Bertz CT molecular complexity index is 540. The number of halogens is 1. The van der Waals surface area contributed by atoms with Gasteiger partial charge in [0, 0.05) is 19.7 Å². The second-order valence-electron chi connectivity index (χ2n) is 4.21. The molecule has 0 radical (unpaired) electrons. The predicted octanol–water partition coefficient (Wildman–Crippen LogP) is 3.19. The number of benzene rings is 1. The van der Waals surface area contributed by atoms with Gasteiger partial charge in [0.2, 0.25) is 0 Å². The van der Waals surface area contributed by atoms with Crippen molar-refractivity contribution in [2.45, 2.75) is 20.4 Å². The summed E-state index contributed by atoms with van der Waals surface area (Å²) in [5.41, 5.74) is 2.72. The van der Waals surface area contributed by atoms with Gasteiger partial charge < -0.3 is 4.57 Å². The highest BCUT2D eigenvalue weighted by Gasteiger charge is 2.08. The molecule has 0 amide bonds. The maximum Gasteiger partial charge on any atom is 0.176 e. The minimum Gasteiger partial charge on any atom is -0.340 e. The largest absolute Gasteiger partial charge is 0.340 e. The third kappa shape index (κ3) is 2.61. The van der Waals surface area contributed by atoms with E-state index in [9.17, 15) is 9.18 Å². The van der Waals surface area contributed by atoms with Gasteiger partial charge in [-0.3, -0.25) is 4.79 Å². The van der Waals surface area contributed by atoms with Crippen molar-refractivity contribution in [2.75, 3.05) is 0 Å². The summed E-state index contributed by atoms with van der Waals surface area (Å²) in [6.07, 6.45) is 1.93. The smallest absolute Gasteiger partial charge is 0.176 e. The molecule has 0 saturated carbocycles. The van der Waals surface area contributed by atoms with Gasteiger partial charge in [0.05, 0.1) is 5.69 Å². The molecule has 0 aliphatic carbocycles.